The highest BCUT2D eigenvalue weighted by Gasteiger charge is 2.28. The van der Waals surface area contributed by atoms with Crippen molar-refractivity contribution in [2.24, 2.45) is 0 Å². The summed E-state index contributed by atoms with van der Waals surface area (Å²) in [6, 6.07) is 11.6. The van der Waals surface area contributed by atoms with Crippen molar-refractivity contribution in [1.29, 1.82) is 0 Å². The molecule has 2 aliphatic heterocycles. The number of amides is 2. The molecule has 2 aromatic rings. The Labute approximate surface area is 203 Å². The van der Waals surface area contributed by atoms with Crippen LogP contribution in [-0.2, 0) is 4.79 Å². The third kappa shape index (κ3) is 5.66. The van der Waals surface area contributed by atoms with E-state index in [1.54, 1.807) is 35.2 Å². The Morgan fingerprint density at radius 2 is 1.68 bits per heavy atom. The van der Waals surface area contributed by atoms with Gasteiger partial charge in [0, 0.05) is 51.4 Å². The summed E-state index contributed by atoms with van der Waals surface area (Å²) in [5, 5.41) is 14.6. The molecule has 2 aliphatic rings. The highest BCUT2D eigenvalue weighted by Crippen LogP contribution is 2.29. The van der Waals surface area contributed by atoms with Gasteiger partial charge >= 0.3 is 0 Å². The van der Waals surface area contributed by atoms with E-state index >= 15 is 0 Å². The third-order valence-electron chi connectivity index (χ3n) is 6.29. The van der Waals surface area contributed by atoms with Crippen molar-refractivity contribution < 1.29 is 14.5 Å². The second-order valence-corrected chi connectivity index (χ2v) is 9.01. The molecule has 0 saturated carbocycles. The summed E-state index contributed by atoms with van der Waals surface area (Å²) in [4.78, 5) is 42.6. The Morgan fingerprint density at radius 3 is 2.35 bits per heavy atom. The molecule has 2 fully saturated rings. The predicted molar refractivity (Wildman–Crippen MR) is 132 cm³/mol. The van der Waals surface area contributed by atoms with Crippen molar-refractivity contribution in [1.82, 2.24) is 9.80 Å². The van der Waals surface area contributed by atoms with E-state index in [0.717, 1.165) is 38.0 Å². The van der Waals surface area contributed by atoms with E-state index in [1.807, 2.05) is 4.90 Å². The minimum atomic E-state index is -0.466. The topological polar surface area (TPSA) is 99.0 Å². The number of piperidine rings is 1. The Morgan fingerprint density at radius 1 is 0.971 bits per heavy atom. The first-order valence-electron chi connectivity index (χ1n) is 11.5. The summed E-state index contributed by atoms with van der Waals surface area (Å²) in [5.41, 5.74) is 1.62. The largest absolute Gasteiger partial charge is 0.371 e. The van der Waals surface area contributed by atoms with Crippen LogP contribution in [0.4, 0.5) is 17.1 Å². The third-order valence-corrected chi connectivity index (χ3v) is 6.62. The first-order valence-corrected chi connectivity index (χ1v) is 11.9. The fourth-order valence-electron chi connectivity index (χ4n) is 4.45. The molecule has 2 heterocycles. The Hall–Kier alpha value is -3.17. The van der Waals surface area contributed by atoms with Gasteiger partial charge in [-0.2, -0.15) is 0 Å². The van der Waals surface area contributed by atoms with E-state index in [0.29, 0.717) is 42.5 Å². The number of nitrogens with zero attached hydrogens (tertiary/aromatic N) is 4. The number of hydrogen-bond donors (Lipinski definition) is 1. The minimum absolute atomic E-state index is 0.0843. The molecule has 2 amide bonds. The number of nitro benzene ring substituents is 1. The van der Waals surface area contributed by atoms with Gasteiger partial charge in [-0.05, 0) is 37.5 Å². The number of non-ortho nitro benzene ring substituents is 1. The average molecular weight is 486 g/mol. The number of hydrogen-bond acceptors (Lipinski definition) is 6. The number of para-hydroxylation sites is 1. The molecule has 2 aromatic carbocycles. The SMILES string of the molecule is O=C(CN1CCN(C(=O)c2cc([N+](=O)[O-])ccc2N2CCCCC2)CC1)Nc1ccccc1Cl. The summed E-state index contributed by atoms with van der Waals surface area (Å²) < 4.78 is 0. The Bertz CT molecular complexity index is 1070. The fraction of sp³-hybridized carbons (Fsp3) is 0.417. The Kier molecular flexibility index (Phi) is 7.64. The van der Waals surface area contributed by atoms with E-state index < -0.39 is 4.92 Å². The molecule has 1 N–H and O–H groups in total. The van der Waals surface area contributed by atoms with E-state index in [2.05, 4.69) is 10.2 Å². The molecule has 0 spiro atoms. The number of nitrogens with one attached hydrogen (secondary N) is 1. The zero-order chi connectivity index (χ0) is 24.1. The normalized spacial score (nSPS) is 16.9. The summed E-state index contributed by atoms with van der Waals surface area (Å²) in [6.07, 6.45) is 3.23. The van der Waals surface area contributed by atoms with Gasteiger partial charge in [0.1, 0.15) is 0 Å². The smallest absolute Gasteiger partial charge is 0.270 e. The summed E-state index contributed by atoms with van der Waals surface area (Å²) >= 11 is 6.10. The second kappa shape index (κ2) is 10.8. The molecule has 2 saturated heterocycles. The number of carbonyl (C=O) groups excluding carboxylic acids is 2. The average Bonchev–Trinajstić information content (AvgIpc) is 2.85. The van der Waals surface area contributed by atoms with E-state index in [1.165, 1.54) is 12.1 Å². The van der Waals surface area contributed by atoms with Gasteiger partial charge in [-0.1, -0.05) is 23.7 Å². The van der Waals surface area contributed by atoms with Gasteiger partial charge in [-0.15, -0.1) is 0 Å². The predicted octanol–water partition coefficient (Wildman–Crippen LogP) is 3.64. The summed E-state index contributed by atoms with van der Waals surface area (Å²) in [6.45, 7) is 3.84. The van der Waals surface area contributed by atoms with Crippen LogP contribution in [0.15, 0.2) is 42.5 Å². The van der Waals surface area contributed by atoms with Crippen LogP contribution in [0.3, 0.4) is 0 Å². The minimum Gasteiger partial charge on any atom is -0.371 e. The number of carbonyl (C=O) groups is 2. The van der Waals surface area contributed by atoms with Gasteiger partial charge < -0.3 is 15.1 Å². The van der Waals surface area contributed by atoms with Crippen LogP contribution in [0.5, 0.6) is 0 Å². The van der Waals surface area contributed by atoms with Gasteiger partial charge in [0.15, 0.2) is 0 Å². The fourth-order valence-corrected chi connectivity index (χ4v) is 4.64. The first-order chi connectivity index (χ1) is 16.4. The van der Waals surface area contributed by atoms with Gasteiger partial charge in [0.2, 0.25) is 5.91 Å². The Balaban J connectivity index is 1.40. The maximum atomic E-state index is 13.4. The first kappa shape index (κ1) is 24.0. The van der Waals surface area contributed by atoms with Crippen molar-refractivity contribution in [3.63, 3.8) is 0 Å². The number of nitro groups is 1. The van der Waals surface area contributed by atoms with E-state index in [9.17, 15) is 19.7 Å². The van der Waals surface area contributed by atoms with Gasteiger partial charge in [-0.3, -0.25) is 24.6 Å². The molecular weight excluding hydrogens is 458 g/mol. The van der Waals surface area contributed by atoms with Crippen molar-refractivity contribution >= 4 is 40.5 Å². The lowest BCUT2D eigenvalue weighted by Gasteiger charge is -2.36. The molecule has 0 unspecified atom stereocenters. The molecule has 10 heteroatoms. The van der Waals surface area contributed by atoms with Crippen LogP contribution in [-0.4, -0.2) is 72.4 Å². The van der Waals surface area contributed by atoms with E-state index in [-0.39, 0.29) is 24.0 Å². The number of anilines is 2. The molecule has 0 aliphatic carbocycles. The maximum Gasteiger partial charge on any atom is 0.270 e. The van der Waals surface area contributed by atoms with Crippen LogP contribution in [0.1, 0.15) is 29.6 Å². The van der Waals surface area contributed by atoms with Crippen LogP contribution >= 0.6 is 11.6 Å². The molecular formula is C24H28ClN5O4. The second-order valence-electron chi connectivity index (χ2n) is 8.60. The van der Waals surface area contributed by atoms with Crippen LogP contribution < -0.4 is 10.2 Å². The van der Waals surface area contributed by atoms with Crippen LogP contribution in [0.2, 0.25) is 5.02 Å². The highest BCUT2D eigenvalue weighted by atomic mass is 35.5. The summed E-state index contributed by atoms with van der Waals surface area (Å²) in [5.74, 6) is -0.372. The number of benzene rings is 2. The lowest BCUT2D eigenvalue weighted by Crippen LogP contribution is -2.50. The lowest BCUT2D eigenvalue weighted by atomic mass is 10.0. The number of halogens is 1. The van der Waals surface area contributed by atoms with Crippen molar-refractivity contribution in [2.75, 3.05) is 56.0 Å². The number of rotatable bonds is 6. The van der Waals surface area contributed by atoms with Crippen LogP contribution in [0.25, 0.3) is 0 Å². The van der Waals surface area contributed by atoms with Crippen molar-refractivity contribution in [3.05, 3.63) is 63.2 Å². The zero-order valence-electron chi connectivity index (χ0n) is 18.9. The monoisotopic (exact) mass is 485 g/mol. The van der Waals surface area contributed by atoms with Gasteiger partial charge in [-0.25, -0.2) is 0 Å². The van der Waals surface area contributed by atoms with Crippen LogP contribution in [0, 0.1) is 10.1 Å². The number of piperazine rings is 1. The standard InChI is InChI=1S/C24H28ClN5O4/c25-20-6-2-3-7-21(20)26-23(31)17-27-12-14-29(15-13-27)24(32)19-16-18(30(33)34)8-9-22(19)28-10-4-1-5-11-28/h2-3,6-9,16H,1,4-5,10-15,17H2,(H,26,31). The molecule has 4 rings (SSSR count). The van der Waals surface area contributed by atoms with Crippen molar-refractivity contribution in [2.45, 2.75) is 19.3 Å². The molecule has 34 heavy (non-hydrogen) atoms. The van der Waals surface area contributed by atoms with Crippen molar-refractivity contribution in [3.8, 4) is 0 Å². The molecule has 0 radical (unpaired) electrons. The van der Waals surface area contributed by atoms with Gasteiger partial charge in [0.05, 0.1) is 33.4 Å². The zero-order valence-corrected chi connectivity index (χ0v) is 19.7. The molecule has 0 aromatic heterocycles. The lowest BCUT2D eigenvalue weighted by molar-refractivity contribution is -0.384. The molecule has 9 nitrogen and oxygen atoms in total. The molecule has 0 bridgehead atoms. The highest BCUT2D eigenvalue weighted by molar-refractivity contribution is 6.33. The maximum absolute atomic E-state index is 13.4. The molecule has 0 atom stereocenters. The molecule has 180 valence electrons. The van der Waals surface area contributed by atoms with E-state index in [4.69, 9.17) is 11.6 Å². The summed E-state index contributed by atoms with van der Waals surface area (Å²) in [7, 11) is 0. The van der Waals surface area contributed by atoms with Gasteiger partial charge in [0.25, 0.3) is 11.6 Å². The quantitative estimate of drug-likeness (QED) is 0.495.